The Hall–Kier alpha value is -2.30. The average molecular weight is 360 g/mol. The number of benzene rings is 2. The van der Waals surface area contributed by atoms with Crippen molar-refractivity contribution in [2.24, 2.45) is 0 Å². The van der Waals surface area contributed by atoms with E-state index in [1.807, 2.05) is 24.3 Å². The van der Waals surface area contributed by atoms with Crippen molar-refractivity contribution in [2.75, 3.05) is 19.7 Å². The van der Waals surface area contributed by atoms with Gasteiger partial charge in [-0.1, -0.05) is 42.8 Å². The first-order chi connectivity index (χ1) is 12.1. The van der Waals surface area contributed by atoms with E-state index in [9.17, 15) is 9.90 Å². The molecule has 2 aromatic carbocycles. The number of carbonyl (C=O) groups is 1. The molecule has 0 aliphatic heterocycles. The van der Waals surface area contributed by atoms with Gasteiger partial charge in [-0.2, -0.15) is 0 Å². The zero-order valence-electron chi connectivity index (χ0n) is 14.2. The number of halogens is 1. The van der Waals surface area contributed by atoms with Crippen LogP contribution in [-0.2, 0) is 16.1 Å². The summed E-state index contributed by atoms with van der Waals surface area (Å²) < 4.78 is 5.24. The van der Waals surface area contributed by atoms with Crippen molar-refractivity contribution in [2.45, 2.75) is 13.5 Å². The highest BCUT2D eigenvalue weighted by Gasteiger charge is 2.06. The van der Waals surface area contributed by atoms with Crippen LogP contribution in [0.1, 0.15) is 18.1 Å². The van der Waals surface area contributed by atoms with E-state index in [1.165, 1.54) is 6.08 Å². The van der Waals surface area contributed by atoms with Crippen LogP contribution in [0, 0.1) is 0 Å². The molecule has 132 valence electrons. The van der Waals surface area contributed by atoms with Crippen molar-refractivity contribution in [1.29, 1.82) is 0 Å². The summed E-state index contributed by atoms with van der Waals surface area (Å²) in [7, 11) is 0. The third-order valence-corrected chi connectivity index (χ3v) is 3.93. The lowest BCUT2D eigenvalue weighted by molar-refractivity contribution is -0.138. The number of nitrogens with zero attached hydrogens (tertiary/aromatic N) is 1. The maximum absolute atomic E-state index is 11.8. The Morgan fingerprint density at radius 3 is 2.68 bits per heavy atom. The van der Waals surface area contributed by atoms with Crippen LogP contribution in [0.5, 0.6) is 5.75 Å². The fourth-order valence-electron chi connectivity index (χ4n) is 2.32. The maximum atomic E-state index is 11.8. The van der Waals surface area contributed by atoms with Crippen LogP contribution in [0.15, 0.2) is 54.6 Å². The minimum Gasteiger partial charge on any atom is -0.508 e. The molecule has 2 aromatic rings. The number of likely N-dealkylation sites (N-methyl/N-ethyl adjacent to an activating group) is 1. The minimum absolute atomic E-state index is 0.194. The number of hydrogen-bond donors (Lipinski definition) is 1. The van der Waals surface area contributed by atoms with Crippen LogP contribution in [-0.4, -0.2) is 35.7 Å². The Kier molecular flexibility index (Phi) is 7.51. The molecule has 0 unspecified atom stereocenters. The molecule has 1 N–H and O–H groups in total. The summed E-state index contributed by atoms with van der Waals surface area (Å²) in [6.07, 6.45) is 3.05. The summed E-state index contributed by atoms with van der Waals surface area (Å²) in [5.74, 6) is -0.189. The molecule has 2 rings (SSSR count). The van der Waals surface area contributed by atoms with Gasteiger partial charge in [-0.05, 0) is 48.0 Å². The van der Waals surface area contributed by atoms with Gasteiger partial charge in [-0.15, -0.1) is 0 Å². The van der Waals surface area contributed by atoms with Gasteiger partial charge in [0.15, 0.2) is 0 Å². The monoisotopic (exact) mass is 359 g/mol. The van der Waals surface area contributed by atoms with Crippen LogP contribution in [0.3, 0.4) is 0 Å². The molecular weight excluding hydrogens is 338 g/mol. The summed E-state index contributed by atoms with van der Waals surface area (Å²) in [5, 5.41) is 9.94. The van der Waals surface area contributed by atoms with Crippen molar-refractivity contribution in [3.05, 3.63) is 70.8 Å². The summed E-state index contributed by atoms with van der Waals surface area (Å²) >= 11 is 6.00. The van der Waals surface area contributed by atoms with Gasteiger partial charge in [0.25, 0.3) is 0 Å². The average Bonchev–Trinajstić information content (AvgIpc) is 2.60. The van der Waals surface area contributed by atoms with Crippen molar-refractivity contribution < 1.29 is 14.6 Å². The van der Waals surface area contributed by atoms with E-state index in [0.29, 0.717) is 13.2 Å². The fourth-order valence-corrected chi connectivity index (χ4v) is 2.53. The van der Waals surface area contributed by atoms with Crippen LogP contribution in [0.4, 0.5) is 0 Å². The second-order valence-corrected chi connectivity index (χ2v) is 6.03. The zero-order chi connectivity index (χ0) is 18.1. The number of rotatable bonds is 8. The van der Waals surface area contributed by atoms with Gasteiger partial charge in [0.05, 0.1) is 0 Å². The SMILES string of the molecule is CCN(CCOC(=O)/C=C/c1ccc(O)cc1)Cc1cccc(Cl)c1. The molecule has 0 bridgehead atoms. The third-order valence-electron chi connectivity index (χ3n) is 3.70. The second-order valence-electron chi connectivity index (χ2n) is 5.59. The highest BCUT2D eigenvalue weighted by atomic mass is 35.5. The first-order valence-corrected chi connectivity index (χ1v) is 8.55. The molecule has 0 aromatic heterocycles. The smallest absolute Gasteiger partial charge is 0.330 e. The Morgan fingerprint density at radius 1 is 1.24 bits per heavy atom. The van der Waals surface area contributed by atoms with Gasteiger partial charge in [0.2, 0.25) is 0 Å². The summed E-state index contributed by atoms with van der Waals surface area (Å²) in [6, 6.07) is 14.3. The normalized spacial score (nSPS) is 11.2. The first kappa shape index (κ1) is 19.0. The number of phenolic OH excluding ortho intramolecular Hbond substituents is 1. The Balaban J connectivity index is 1.76. The Labute approximate surface area is 153 Å². The quantitative estimate of drug-likeness (QED) is 0.569. The number of esters is 1. The van der Waals surface area contributed by atoms with E-state index in [1.54, 1.807) is 30.3 Å². The molecule has 25 heavy (non-hydrogen) atoms. The molecule has 0 atom stereocenters. The van der Waals surface area contributed by atoms with E-state index in [2.05, 4.69) is 11.8 Å². The van der Waals surface area contributed by atoms with Crippen LogP contribution in [0.25, 0.3) is 6.08 Å². The topological polar surface area (TPSA) is 49.8 Å². The number of phenols is 1. The van der Waals surface area contributed by atoms with Crippen molar-refractivity contribution >= 4 is 23.6 Å². The van der Waals surface area contributed by atoms with Crippen LogP contribution < -0.4 is 0 Å². The molecule has 4 nitrogen and oxygen atoms in total. The number of ether oxygens (including phenoxy) is 1. The lowest BCUT2D eigenvalue weighted by Gasteiger charge is -2.20. The molecule has 0 spiro atoms. The van der Waals surface area contributed by atoms with E-state index in [-0.39, 0.29) is 11.7 Å². The lowest BCUT2D eigenvalue weighted by Crippen LogP contribution is -2.27. The highest BCUT2D eigenvalue weighted by molar-refractivity contribution is 6.30. The molecule has 0 radical (unpaired) electrons. The lowest BCUT2D eigenvalue weighted by atomic mass is 10.2. The Morgan fingerprint density at radius 2 is 2.00 bits per heavy atom. The standard InChI is InChI=1S/C20H22ClNO3/c1-2-22(15-17-4-3-5-18(21)14-17)12-13-25-20(24)11-8-16-6-9-19(23)10-7-16/h3-11,14,23H,2,12-13,15H2,1H3/b11-8+. The van der Waals surface area contributed by atoms with Crippen molar-refractivity contribution in [3.63, 3.8) is 0 Å². The molecule has 0 saturated heterocycles. The predicted octanol–water partition coefficient (Wildman–Crippen LogP) is 4.12. The van der Waals surface area contributed by atoms with E-state index >= 15 is 0 Å². The molecule has 0 aliphatic carbocycles. The molecular formula is C20H22ClNO3. The number of hydrogen-bond acceptors (Lipinski definition) is 4. The molecule has 0 fully saturated rings. The molecule has 0 saturated carbocycles. The van der Waals surface area contributed by atoms with Gasteiger partial charge in [0, 0.05) is 24.2 Å². The van der Waals surface area contributed by atoms with Gasteiger partial charge in [-0.25, -0.2) is 4.79 Å². The van der Waals surface area contributed by atoms with Crippen LogP contribution >= 0.6 is 11.6 Å². The summed E-state index contributed by atoms with van der Waals surface area (Å²) in [6.45, 7) is 4.66. The highest BCUT2D eigenvalue weighted by Crippen LogP contribution is 2.13. The van der Waals surface area contributed by atoms with Crippen LogP contribution in [0.2, 0.25) is 5.02 Å². The molecule has 0 heterocycles. The third kappa shape index (κ3) is 6.99. The molecule has 0 amide bonds. The van der Waals surface area contributed by atoms with Gasteiger partial charge < -0.3 is 9.84 Å². The van der Waals surface area contributed by atoms with Crippen molar-refractivity contribution in [3.8, 4) is 5.75 Å². The van der Waals surface area contributed by atoms with E-state index in [0.717, 1.165) is 29.2 Å². The second kappa shape index (κ2) is 9.87. The van der Waals surface area contributed by atoms with Crippen molar-refractivity contribution in [1.82, 2.24) is 4.90 Å². The van der Waals surface area contributed by atoms with E-state index < -0.39 is 0 Å². The van der Waals surface area contributed by atoms with Gasteiger partial charge in [0.1, 0.15) is 12.4 Å². The number of aromatic hydroxyl groups is 1. The molecule has 0 aliphatic rings. The Bertz CT molecular complexity index is 713. The fraction of sp³-hybridized carbons (Fsp3) is 0.250. The largest absolute Gasteiger partial charge is 0.508 e. The zero-order valence-corrected chi connectivity index (χ0v) is 14.9. The van der Waals surface area contributed by atoms with Gasteiger partial charge >= 0.3 is 5.97 Å². The molecule has 5 heteroatoms. The maximum Gasteiger partial charge on any atom is 0.330 e. The minimum atomic E-state index is -0.383. The van der Waals surface area contributed by atoms with E-state index in [4.69, 9.17) is 16.3 Å². The first-order valence-electron chi connectivity index (χ1n) is 8.17. The summed E-state index contributed by atoms with van der Waals surface area (Å²) in [5.41, 5.74) is 1.96. The van der Waals surface area contributed by atoms with Gasteiger partial charge in [-0.3, -0.25) is 4.90 Å². The summed E-state index contributed by atoms with van der Waals surface area (Å²) in [4.78, 5) is 13.9. The predicted molar refractivity (Wildman–Crippen MR) is 101 cm³/mol. The number of carbonyl (C=O) groups excluding carboxylic acids is 1.